The minimum atomic E-state index is -3.91. The molecular formula is C24H31NO5S. The van der Waals surface area contributed by atoms with Crippen molar-refractivity contribution in [1.82, 2.24) is 4.90 Å². The fraction of sp³-hybridized carbons (Fsp3) is 0.375. The molecule has 0 aliphatic carbocycles. The highest BCUT2D eigenvalue weighted by Crippen LogP contribution is 2.34. The van der Waals surface area contributed by atoms with E-state index in [1.54, 1.807) is 48.5 Å². The van der Waals surface area contributed by atoms with Gasteiger partial charge in [0.25, 0.3) is 0 Å². The maximum absolute atomic E-state index is 13.6. The van der Waals surface area contributed by atoms with E-state index in [0.717, 1.165) is 0 Å². The van der Waals surface area contributed by atoms with Crippen LogP contribution in [0.1, 0.15) is 38.1 Å². The van der Waals surface area contributed by atoms with E-state index < -0.39 is 21.2 Å². The first-order chi connectivity index (χ1) is 14.6. The van der Waals surface area contributed by atoms with Crippen LogP contribution in [0.5, 0.6) is 11.5 Å². The fourth-order valence-corrected chi connectivity index (χ4v) is 5.49. The zero-order valence-corrected chi connectivity index (χ0v) is 19.8. The Kier molecular flexibility index (Phi) is 8.03. The molecule has 0 radical (unpaired) electrons. The minimum absolute atomic E-state index is 0.0506. The molecule has 0 fully saturated rings. The SMILES string of the molecule is CCN(CC)C(C)(C)/C(=C/C(=O)c1ccc(OC)c(OC)c1)S(=O)(=O)c1ccccc1. The van der Waals surface area contributed by atoms with Gasteiger partial charge in [0.2, 0.25) is 9.84 Å². The number of methoxy groups -OCH3 is 2. The maximum Gasteiger partial charge on any atom is 0.204 e. The Morgan fingerprint density at radius 2 is 1.55 bits per heavy atom. The molecule has 0 spiro atoms. The molecule has 0 heterocycles. The van der Waals surface area contributed by atoms with Gasteiger partial charge < -0.3 is 9.47 Å². The summed E-state index contributed by atoms with van der Waals surface area (Å²) in [6, 6.07) is 13.0. The Morgan fingerprint density at radius 3 is 2.06 bits per heavy atom. The van der Waals surface area contributed by atoms with Gasteiger partial charge in [-0.2, -0.15) is 0 Å². The lowest BCUT2D eigenvalue weighted by molar-refractivity contribution is 0.104. The summed E-state index contributed by atoms with van der Waals surface area (Å²) in [6.07, 6.45) is 1.24. The monoisotopic (exact) mass is 445 g/mol. The Balaban J connectivity index is 2.68. The fourth-order valence-electron chi connectivity index (χ4n) is 3.67. The number of carbonyl (C=O) groups excluding carboxylic acids is 1. The van der Waals surface area contributed by atoms with Crippen LogP contribution in [0.2, 0.25) is 0 Å². The topological polar surface area (TPSA) is 72.9 Å². The second-order valence-corrected chi connectivity index (χ2v) is 9.41. The average Bonchev–Trinajstić information content (AvgIpc) is 2.77. The van der Waals surface area contributed by atoms with Crippen LogP contribution >= 0.6 is 0 Å². The lowest BCUT2D eigenvalue weighted by Gasteiger charge is -2.38. The van der Waals surface area contributed by atoms with Crippen molar-refractivity contribution in [2.45, 2.75) is 38.1 Å². The van der Waals surface area contributed by atoms with Crippen LogP contribution in [0.25, 0.3) is 0 Å². The van der Waals surface area contributed by atoms with Crippen LogP contribution in [0.3, 0.4) is 0 Å². The molecule has 0 aliphatic rings. The van der Waals surface area contributed by atoms with E-state index in [1.807, 2.05) is 32.6 Å². The van der Waals surface area contributed by atoms with Gasteiger partial charge in [0.1, 0.15) is 0 Å². The highest BCUT2D eigenvalue weighted by atomic mass is 32.2. The smallest absolute Gasteiger partial charge is 0.204 e. The van der Waals surface area contributed by atoms with Gasteiger partial charge in [-0.3, -0.25) is 9.69 Å². The summed E-state index contributed by atoms with van der Waals surface area (Å²) in [6.45, 7) is 8.86. The summed E-state index contributed by atoms with van der Waals surface area (Å²) in [5.41, 5.74) is -0.585. The van der Waals surface area contributed by atoms with E-state index in [1.165, 1.54) is 20.3 Å². The average molecular weight is 446 g/mol. The van der Waals surface area contributed by atoms with Crippen LogP contribution < -0.4 is 9.47 Å². The summed E-state index contributed by atoms with van der Waals surface area (Å²) in [5, 5.41) is 0. The third-order valence-corrected chi connectivity index (χ3v) is 7.52. The number of allylic oxidation sites excluding steroid dienone is 1. The van der Waals surface area contributed by atoms with Crippen molar-refractivity contribution in [2.75, 3.05) is 27.3 Å². The highest BCUT2D eigenvalue weighted by Gasteiger charge is 2.38. The quantitative estimate of drug-likeness (QED) is 0.400. The number of carbonyl (C=O) groups is 1. The van der Waals surface area contributed by atoms with Crippen molar-refractivity contribution in [2.24, 2.45) is 0 Å². The number of benzene rings is 2. The Hall–Kier alpha value is -2.64. The van der Waals surface area contributed by atoms with Gasteiger partial charge in [0.15, 0.2) is 17.3 Å². The van der Waals surface area contributed by atoms with E-state index in [2.05, 4.69) is 0 Å². The van der Waals surface area contributed by atoms with Gasteiger partial charge in [0, 0.05) is 11.6 Å². The van der Waals surface area contributed by atoms with Gasteiger partial charge in [-0.15, -0.1) is 0 Å². The van der Waals surface area contributed by atoms with Crippen LogP contribution in [-0.2, 0) is 9.84 Å². The molecule has 0 saturated heterocycles. The van der Waals surface area contributed by atoms with Gasteiger partial charge in [-0.05, 0) is 57.3 Å². The molecular weight excluding hydrogens is 414 g/mol. The van der Waals surface area contributed by atoms with Gasteiger partial charge in [-0.25, -0.2) is 8.42 Å². The molecule has 0 atom stereocenters. The van der Waals surface area contributed by atoms with Crippen molar-refractivity contribution < 1.29 is 22.7 Å². The number of hydrogen-bond acceptors (Lipinski definition) is 6. The van der Waals surface area contributed by atoms with Gasteiger partial charge in [0.05, 0.1) is 29.6 Å². The molecule has 31 heavy (non-hydrogen) atoms. The number of ether oxygens (including phenoxy) is 2. The van der Waals surface area contributed by atoms with Gasteiger partial charge in [-0.1, -0.05) is 32.0 Å². The normalized spacial score (nSPS) is 12.7. The molecule has 2 aromatic carbocycles. The highest BCUT2D eigenvalue weighted by molar-refractivity contribution is 7.95. The Labute approximate surface area is 185 Å². The van der Waals surface area contributed by atoms with E-state index in [0.29, 0.717) is 30.2 Å². The number of nitrogens with zero attached hydrogens (tertiary/aromatic N) is 1. The van der Waals surface area contributed by atoms with Gasteiger partial charge >= 0.3 is 0 Å². The Bertz CT molecular complexity index is 1040. The molecule has 0 N–H and O–H groups in total. The first-order valence-corrected chi connectivity index (χ1v) is 11.6. The predicted molar refractivity (Wildman–Crippen MR) is 123 cm³/mol. The molecule has 0 unspecified atom stereocenters. The first kappa shape index (κ1) is 24.6. The standard InChI is InChI=1S/C24H31NO5S/c1-7-25(8-2)24(3,4)23(31(27,28)19-12-10-9-11-13-19)17-20(26)18-14-15-21(29-5)22(16-18)30-6/h9-17H,7-8H2,1-6H3/b23-17-. The van der Waals surface area contributed by atoms with Crippen molar-refractivity contribution in [3.63, 3.8) is 0 Å². The van der Waals surface area contributed by atoms with Crippen LogP contribution in [0.4, 0.5) is 0 Å². The molecule has 168 valence electrons. The predicted octanol–water partition coefficient (Wildman–Crippen LogP) is 4.36. The Morgan fingerprint density at radius 1 is 0.968 bits per heavy atom. The van der Waals surface area contributed by atoms with Crippen LogP contribution in [0, 0.1) is 0 Å². The summed E-state index contributed by atoms with van der Waals surface area (Å²) >= 11 is 0. The molecule has 0 amide bonds. The van der Waals surface area contributed by atoms with Crippen LogP contribution in [-0.4, -0.2) is 51.9 Å². The van der Waals surface area contributed by atoms with Crippen molar-refractivity contribution >= 4 is 15.6 Å². The summed E-state index contributed by atoms with van der Waals surface area (Å²) < 4.78 is 37.7. The molecule has 2 rings (SSSR count). The molecule has 6 nitrogen and oxygen atoms in total. The van der Waals surface area contributed by atoms with Crippen LogP contribution in [0.15, 0.2) is 64.4 Å². The first-order valence-electron chi connectivity index (χ1n) is 10.2. The zero-order chi connectivity index (χ0) is 23.2. The summed E-state index contributed by atoms with van der Waals surface area (Å²) in [4.78, 5) is 15.4. The lowest BCUT2D eigenvalue weighted by atomic mass is 9.99. The van der Waals surface area contributed by atoms with E-state index in [9.17, 15) is 13.2 Å². The van der Waals surface area contributed by atoms with E-state index in [4.69, 9.17) is 9.47 Å². The number of hydrogen-bond donors (Lipinski definition) is 0. The van der Waals surface area contributed by atoms with Crippen molar-refractivity contribution in [3.05, 3.63) is 65.1 Å². The zero-order valence-electron chi connectivity index (χ0n) is 19.0. The largest absolute Gasteiger partial charge is 0.493 e. The van der Waals surface area contributed by atoms with E-state index >= 15 is 0 Å². The number of likely N-dealkylation sites (N-methyl/N-ethyl adjacent to an activating group) is 1. The molecule has 0 aromatic heterocycles. The third-order valence-electron chi connectivity index (χ3n) is 5.43. The summed E-state index contributed by atoms with van der Waals surface area (Å²) in [5.74, 6) is 0.469. The molecule has 7 heteroatoms. The maximum atomic E-state index is 13.6. The molecule has 2 aromatic rings. The second kappa shape index (κ2) is 10.1. The van der Waals surface area contributed by atoms with Crippen molar-refractivity contribution in [1.29, 1.82) is 0 Å². The number of sulfone groups is 1. The molecule has 0 aliphatic heterocycles. The van der Waals surface area contributed by atoms with Crippen molar-refractivity contribution in [3.8, 4) is 11.5 Å². The number of rotatable bonds is 10. The lowest BCUT2D eigenvalue weighted by Crippen LogP contribution is -2.47. The number of ketones is 1. The molecule has 0 bridgehead atoms. The second-order valence-electron chi connectivity index (χ2n) is 7.49. The third kappa shape index (κ3) is 5.17. The molecule has 0 saturated carbocycles. The minimum Gasteiger partial charge on any atom is -0.493 e. The van der Waals surface area contributed by atoms with E-state index in [-0.39, 0.29) is 9.80 Å². The summed E-state index contributed by atoms with van der Waals surface area (Å²) in [7, 11) is -0.920.